The molecule has 1 aliphatic rings. The maximum Gasteiger partial charge on any atom is 0.410 e. The lowest BCUT2D eigenvalue weighted by Gasteiger charge is -2.23. The fourth-order valence-corrected chi connectivity index (χ4v) is 3.90. The molecule has 3 aromatic rings. The van der Waals surface area contributed by atoms with Gasteiger partial charge in [-0.1, -0.05) is 60.7 Å². The summed E-state index contributed by atoms with van der Waals surface area (Å²) in [7, 11) is 1.64. The van der Waals surface area contributed by atoms with Crippen LogP contribution >= 0.6 is 0 Å². The highest BCUT2D eigenvalue weighted by Crippen LogP contribution is 2.30. The third-order valence-electron chi connectivity index (χ3n) is 5.57. The molecule has 1 saturated heterocycles. The molecular formula is C26H26N2O4. The van der Waals surface area contributed by atoms with Crippen LogP contribution in [0.25, 0.3) is 11.1 Å². The van der Waals surface area contributed by atoms with Crippen molar-refractivity contribution in [1.82, 2.24) is 4.90 Å². The number of likely N-dealkylation sites (tertiary alicyclic amines) is 1. The van der Waals surface area contributed by atoms with Gasteiger partial charge in [-0.2, -0.15) is 0 Å². The summed E-state index contributed by atoms with van der Waals surface area (Å²) in [5.74, 6) is 0.587. The van der Waals surface area contributed by atoms with E-state index in [-0.39, 0.29) is 12.5 Å². The lowest BCUT2D eigenvalue weighted by molar-refractivity contribution is -0.120. The van der Waals surface area contributed by atoms with Crippen LogP contribution in [0.5, 0.6) is 5.75 Å². The van der Waals surface area contributed by atoms with E-state index >= 15 is 0 Å². The molecule has 0 aromatic heterocycles. The van der Waals surface area contributed by atoms with Crippen LogP contribution in [0.3, 0.4) is 0 Å². The first kappa shape index (κ1) is 21.4. The van der Waals surface area contributed by atoms with E-state index in [1.807, 2.05) is 78.9 Å². The minimum absolute atomic E-state index is 0.189. The number of methoxy groups -OCH3 is 1. The maximum atomic E-state index is 12.9. The highest BCUT2D eigenvalue weighted by molar-refractivity contribution is 5.97. The number of amides is 2. The van der Waals surface area contributed by atoms with Crippen LogP contribution in [0, 0.1) is 0 Å². The number of benzene rings is 3. The molecule has 0 radical (unpaired) electrons. The number of carbonyl (C=O) groups excluding carboxylic acids is 2. The molecule has 1 N–H and O–H groups in total. The fraction of sp³-hybridized carbons (Fsp3) is 0.231. The second kappa shape index (κ2) is 10.0. The average Bonchev–Trinajstić information content (AvgIpc) is 3.34. The zero-order chi connectivity index (χ0) is 22.3. The molecule has 4 rings (SSSR count). The van der Waals surface area contributed by atoms with Crippen molar-refractivity contribution in [2.75, 3.05) is 19.0 Å². The summed E-state index contributed by atoms with van der Waals surface area (Å²) in [6, 6.07) is 24.3. The molecule has 0 aliphatic carbocycles. The molecular weight excluding hydrogens is 404 g/mol. The first-order valence-electron chi connectivity index (χ1n) is 10.7. The summed E-state index contributed by atoms with van der Waals surface area (Å²) in [4.78, 5) is 27.0. The largest absolute Gasteiger partial charge is 0.496 e. The van der Waals surface area contributed by atoms with Crippen LogP contribution in [0.15, 0.2) is 78.9 Å². The Bertz CT molecular complexity index is 1070. The Morgan fingerprint density at radius 1 is 0.969 bits per heavy atom. The van der Waals surface area contributed by atoms with Gasteiger partial charge in [-0.05, 0) is 42.2 Å². The highest BCUT2D eigenvalue weighted by Gasteiger charge is 2.35. The monoisotopic (exact) mass is 430 g/mol. The van der Waals surface area contributed by atoms with Crippen molar-refractivity contribution >= 4 is 17.7 Å². The van der Waals surface area contributed by atoms with Gasteiger partial charge in [0.2, 0.25) is 5.91 Å². The van der Waals surface area contributed by atoms with Crippen molar-refractivity contribution in [3.05, 3.63) is 84.4 Å². The van der Waals surface area contributed by atoms with E-state index in [2.05, 4.69) is 5.32 Å². The van der Waals surface area contributed by atoms with Gasteiger partial charge in [0.1, 0.15) is 18.4 Å². The number of carbonyl (C=O) groups is 2. The number of para-hydroxylation sites is 1. The predicted molar refractivity (Wildman–Crippen MR) is 123 cm³/mol. The molecule has 2 amide bonds. The Labute approximate surface area is 187 Å². The predicted octanol–water partition coefficient (Wildman–Crippen LogP) is 5.10. The van der Waals surface area contributed by atoms with Gasteiger partial charge in [-0.3, -0.25) is 9.69 Å². The van der Waals surface area contributed by atoms with Gasteiger partial charge in [-0.15, -0.1) is 0 Å². The lowest BCUT2D eigenvalue weighted by Crippen LogP contribution is -2.43. The molecule has 1 fully saturated rings. The zero-order valence-corrected chi connectivity index (χ0v) is 18.0. The number of hydrogen-bond acceptors (Lipinski definition) is 4. The summed E-state index contributed by atoms with van der Waals surface area (Å²) < 4.78 is 10.8. The van der Waals surface area contributed by atoms with Crippen LogP contribution in [0.4, 0.5) is 10.5 Å². The molecule has 1 heterocycles. The van der Waals surface area contributed by atoms with Crippen molar-refractivity contribution in [2.45, 2.75) is 25.5 Å². The van der Waals surface area contributed by atoms with Crippen LogP contribution in [0.2, 0.25) is 0 Å². The minimum Gasteiger partial charge on any atom is -0.496 e. The maximum absolute atomic E-state index is 12.9. The molecule has 1 aliphatic heterocycles. The summed E-state index contributed by atoms with van der Waals surface area (Å²) in [5.41, 5.74) is 3.57. The van der Waals surface area contributed by atoms with Crippen molar-refractivity contribution in [2.24, 2.45) is 0 Å². The van der Waals surface area contributed by atoms with E-state index in [1.54, 1.807) is 7.11 Å². The van der Waals surface area contributed by atoms with E-state index < -0.39 is 12.1 Å². The topological polar surface area (TPSA) is 67.9 Å². The highest BCUT2D eigenvalue weighted by atomic mass is 16.6. The standard InChI is InChI=1S/C26H26N2O4/c1-31-24-12-6-5-10-22(24)20-13-15-21(16-14-20)27-25(29)23-11-7-17-28(23)26(30)32-18-19-8-3-2-4-9-19/h2-6,8-10,12-16,23H,7,11,17-18H2,1H3,(H,27,29)/t23-/m0/s1. The van der Waals surface area contributed by atoms with Crippen molar-refractivity contribution in [1.29, 1.82) is 0 Å². The molecule has 32 heavy (non-hydrogen) atoms. The third-order valence-corrected chi connectivity index (χ3v) is 5.57. The molecule has 3 aromatic carbocycles. The smallest absolute Gasteiger partial charge is 0.410 e. The van der Waals surface area contributed by atoms with Crippen LogP contribution < -0.4 is 10.1 Å². The quantitative estimate of drug-likeness (QED) is 0.591. The molecule has 0 bridgehead atoms. The van der Waals surface area contributed by atoms with E-state index in [0.717, 1.165) is 28.9 Å². The van der Waals surface area contributed by atoms with Crippen LogP contribution in [-0.4, -0.2) is 36.6 Å². The normalized spacial score (nSPS) is 15.3. The van der Waals surface area contributed by atoms with Crippen LogP contribution in [0.1, 0.15) is 18.4 Å². The SMILES string of the molecule is COc1ccccc1-c1ccc(NC(=O)[C@@H]2CCCN2C(=O)OCc2ccccc2)cc1. The Balaban J connectivity index is 1.38. The summed E-state index contributed by atoms with van der Waals surface area (Å²) in [5, 5.41) is 2.93. The molecule has 164 valence electrons. The van der Waals surface area contributed by atoms with Crippen molar-refractivity contribution in [3.63, 3.8) is 0 Å². The lowest BCUT2D eigenvalue weighted by atomic mass is 10.0. The van der Waals surface area contributed by atoms with Crippen molar-refractivity contribution in [3.8, 4) is 16.9 Å². The number of anilines is 1. The number of nitrogens with one attached hydrogen (secondary N) is 1. The van der Waals surface area contributed by atoms with E-state index in [0.29, 0.717) is 18.7 Å². The summed E-state index contributed by atoms with van der Waals surface area (Å²) in [6.45, 7) is 0.702. The molecule has 6 heteroatoms. The van der Waals surface area contributed by atoms with Gasteiger partial charge in [0, 0.05) is 17.8 Å². The molecule has 0 spiro atoms. The second-order valence-corrected chi connectivity index (χ2v) is 7.66. The second-order valence-electron chi connectivity index (χ2n) is 7.66. The Morgan fingerprint density at radius 2 is 1.69 bits per heavy atom. The van der Waals surface area contributed by atoms with Gasteiger partial charge < -0.3 is 14.8 Å². The zero-order valence-electron chi connectivity index (χ0n) is 18.0. The van der Waals surface area contributed by atoms with E-state index in [9.17, 15) is 9.59 Å². The van der Waals surface area contributed by atoms with Gasteiger partial charge in [0.25, 0.3) is 0 Å². The Kier molecular flexibility index (Phi) is 6.70. The summed E-state index contributed by atoms with van der Waals surface area (Å²) >= 11 is 0. The van der Waals surface area contributed by atoms with Gasteiger partial charge in [0.05, 0.1) is 7.11 Å². The first-order valence-corrected chi connectivity index (χ1v) is 10.7. The van der Waals surface area contributed by atoms with Gasteiger partial charge >= 0.3 is 6.09 Å². The fourth-order valence-electron chi connectivity index (χ4n) is 3.90. The third kappa shape index (κ3) is 4.91. The molecule has 0 saturated carbocycles. The number of hydrogen-bond donors (Lipinski definition) is 1. The number of nitrogens with zero attached hydrogens (tertiary/aromatic N) is 1. The first-order chi connectivity index (χ1) is 15.7. The van der Waals surface area contributed by atoms with Gasteiger partial charge in [-0.25, -0.2) is 4.79 Å². The number of rotatable bonds is 6. The summed E-state index contributed by atoms with van der Waals surface area (Å²) in [6.07, 6.45) is 0.926. The number of ether oxygens (including phenoxy) is 2. The van der Waals surface area contributed by atoms with E-state index in [1.165, 1.54) is 4.90 Å². The Hall–Kier alpha value is -3.80. The van der Waals surface area contributed by atoms with Crippen molar-refractivity contribution < 1.29 is 19.1 Å². The van der Waals surface area contributed by atoms with Crippen LogP contribution in [-0.2, 0) is 16.1 Å². The molecule has 6 nitrogen and oxygen atoms in total. The van der Waals surface area contributed by atoms with Gasteiger partial charge in [0.15, 0.2) is 0 Å². The Morgan fingerprint density at radius 3 is 2.44 bits per heavy atom. The average molecular weight is 431 g/mol. The molecule has 1 atom stereocenters. The molecule has 0 unspecified atom stereocenters. The van der Waals surface area contributed by atoms with E-state index in [4.69, 9.17) is 9.47 Å². The minimum atomic E-state index is -0.535.